The molecule has 3 N–H and O–H groups in total. The minimum atomic E-state index is -0.546. The average molecular weight is 352 g/mol. The number of nitrogens with two attached hydrogens (primary N) is 1. The van der Waals surface area contributed by atoms with Gasteiger partial charge in [0.05, 0.1) is 0 Å². The summed E-state index contributed by atoms with van der Waals surface area (Å²) < 4.78 is 0. The van der Waals surface area contributed by atoms with E-state index in [0.717, 1.165) is 10.4 Å². The molecular formula is C16H18ClN3O2S. The first kappa shape index (κ1) is 17.5. The number of amides is 2. The second-order valence-electron chi connectivity index (χ2n) is 5.11. The van der Waals surface area contributed by atoms with E-state index < -0.39 is 6.04 Å². The minimum Gasteiger partial charge on any atom is -0.352 e. The van der Waals surface area contributed by atoms with Gasteiger partial charge < -0.3 is 16.0 Å². The highest BCUT2D eigenvalue weighted by Crippen LogP contribution is 2.28. The minimum absolute atomic E-state index is 0. The van der Waals surface area contributed by atoms with Crippen LogP contribution in [-0.4, -0.2) is 29.8 Å². The smallest absolute Gasteiger partial charge is 0.254 e. The molecule has 1 atom stereocenters. The molecule has 122 valence electrons. The summed E-state index contributed by atoms with van der Waals surface area (Å²) in [5.41, 5.74) is 7.13. The van der Waals surface area contributed by atoms with Gasteiger partial charge in [0, 0.05) is 30.1 Å². The van der Waals surface area contributed by atoms with Gasteiger partial charge in [-0.2, -0.15) is 0 Å². The van der Waals surface area contributed by atoms with Crippen LogP contribution < -0.4 is 11.1 Å². The lowest BCUT2D eigenvalue weighted by molar-refractivity contribution is -0.127. The second-order valence-corrected chi connectivity index (χ2v) is 6.09. The normalized spacial score (nSPS) is 17.3. The topological polar surface area (TPSA) is 75.4 Å². The molecule has 7 heteroatoms. The Morgan fingerprint density at radius 3 is 2.65 bits per heavy atom. The Labute approximate surface area is 144 Å². The van der Waals surface area contributed by atoms with Gasteiger partial charge in [-0.3, -0.25) is 9.59 Å². The summed E-state index contributed by atoms with van der Waals surface area (Å²) in [5, 5.41) is 4.74. The van der Waals surface area contributed by atoms with Crippen molar-refractivity contribution in [2.75, 3.05) is 13.1 Å². The third kappa shape index (κ3) is 3.55. The summed E-state index contributed by atoms with van der Waals surface area (Å²) in [6, 6.07) is 10.5. The maximum Gasteiger partial charge on any atom is 0.254 e. The van der Waals surface area contributed by atoms with Crippen molar-refractivity contribution in [3.8, 4) is 0 Å². The van der Waals surface area contributed by atoms with Crippen LogP contribution in [0.25, 0.3) is 0 Å². The van der Waals surface area contributed by atoms with Gasteiger partial charge in [-0.25, -0.2) is 0 Å². The summed E-state index contributed by atoms with van der Waals surface area (Å²) >= 11 is 1.48. The molecule has 1 aromatic carbocycles. The largest absolute Gasteiger partial charge is 0.352 e. The molecule has 1 saturated heterocycles. The predicted octanol–water partition coefficient (Wildman–Crippen LogP) is 1.94. The zero-order chi connectivity index (χ0) is 15.5. The molecule has 2 heterocycles. The van der Waals surface area contributed by atoms with Gasteiger partial charge in [-0.1, -0.05) is 18.2 Å². The van der Waals surface area contributed by atoms with Crippen molar-refractivity contribution in [1.82, 2.24) is 10.2 Å². The molecular weight excluding hydrogens is 334 g/mol. The summed E-state index contributed by atoms with van der Waals surface area (Å²) in [5.74, 6) is -0.252. The lowest BCUT2D eigenvalue weighted by Crippen LogP contribution is -2.51. The molecule has 0 bridgehead atoms. The van der Waals surface area contributed by atoms with E-state index >= 15 is 0 Å². The van der Waals surface area contributed by atoms with Crippen molar-refractivity contribution >= 4 is 35.6 Å². The maximum absolute atomic E-state index is 12.8. The first-order chi connectivity index (χ1) is 10.7. The predicted molar refractivity (Wildman–Crippen MR) is 92.7 cm³/mol. The van der Waals surface area contributed by atoms with Crippen molar-refractivity contribution < 1.29 is 9.59 Å². The van der Waals surface area contributed by atoms with E-state index in [4.69, 9.17) is 5.73 Å². The summed E-state index contributed by atoms with van der Waals surface area (Å²) in [6.07, 6.45) is 0. The molecule has 1 aliphatic heterocycles. The fraction of sp³-hybridized carbons (Fsp3) is 0.250. The van der Waals surface area contributed by atoms with Gasteiger partial charge >= 0.3 is 0 Å². The van der Waals surface area contributed by atoms with Crippen molar-refractivity contribution in [2.24, 2.45) is 5.73 Å². The number of carbonyl (C=O) groups excluding carboxylic acids is 2. The fourth-order valence-electron chi connectivity index (χ4n) is 2.56. The van der Waals surface area contributed by atoms with E-state index in [9.17, 15) is 9.59 Å². The molecule has 1 fully saturated rings. The molecule has 5 nitrogen and oxygen atoms in total. The number of rotatable bonds is 3. The Morgan fingerprint density at radius 1 is 1.30 bits per heavy atom. The van der Waals surface area contributed by atoms with Crippen LogP contribution in [0.2, 0.25) is 0 Å². The van der Waals surface area contributed by atoms with E-state index in [1.165, 1.54) is 11.3 Å². The Bertz CT molecular complexity index is 673. The molecule has 0 spiro atoms. The molecule has 1 unspecified atom stereocenters. The van der Waals surface area contributed by atoms with Gasteiger partial charge in [-0.05, 0) is 29.1 Å². The number of nitrogens with one attached hydrogen (secondary N) is 1. The van der Waals surface area contributed by atoms with E-state index in [1.54, 1.807) is 17.0 Å². The third-order valence-electron chi connectivity index (χ3n) is 3.72. The maximum atomic E-state index is 12.8. The second kappa shape index (κ2) is 7.59. The van der Waals surface area contributed by atoms with Crippen LogP contribution in [0.5, 0.6) is 0 Å². The fourth-order valence-corrected chi connectivity index (χ4v) is 3.40. The van der Waals surface area contributed by atoms with Crippen LogP contribution in [0.15, 0.2) is 41.8 Å². The first-order valence-corrected chi connectivity index (χ1v) is 8.00. The Morgan fingerprint density at radius 2 is 2.04 bits per heavy atom. The van der Waals surface area contributed by atoms with Gasteiger partial charge in [0.25, 0.3) is 5.91 Å². The van der Waals surface area contributed by atoms with Crippen LogP contribution >= 0.6 is 23.7 Å². The Hall–Kier alpha value is -1.89. The number of piperazine rings is 1. The number of hydrogen-bond donors (Lipinski definition) is 2. The lowest BCUT2D eigenvalue weighted by Gasteiger charge is -2.34. The van der Waals surface area contributed by atoms with Gasteiger partial charge in [0.1, 0.15) is 6.04 Å². The third-order valence-corrected chi connectivity index (χ3v) is 4.65. The quantitative estimate of drug-likeness (QED) is 0.887. The molecule has 2 amide bonds. The average Bonchev–Trinajstić information content (AvgIpc) is 3.08. The molecule has 1 aromatic heterocycles. The van der Waals surface area contributed by atoms with Crippen LogP contribution in [0.3, 0.4) is 0 Å². The Kier molecular flexibility index (Phi) is 5.76. The molecule has 2 aromatic rings. The number of carbonyl (C=O) groups is 2. The summed E-state index contributed by atoms with van der Waals surface area (Å²) in [4.78, 5) is 27.5. The van der Waals surface area contributed by atoms with Crippen molar-refractivity contribution in [3.63, 3.8) is 0 Å². The van der Waals surface area contributed by atoms with Crippen LogP contribution in [0.1, 0.15) is 26.8 Å². The SMILES string of the molecule is Cl.NCc1ccc(C(=O)N2CCNC(=O)C2c2cccs2)cc1. The molecule has 23 heavy (non-hydrogen) atoms. The molecule has 0 radical (unpaired) electrons. The summed E-state index contributed by atoms with van der Waals surface area (Å²) in [6.45, 7) is 1.43. The molecule has 1 aliphatic rings. The van der Waals surface area contributed by atoms with Crippen molar-refractivity contribution in [2.45, 2.75) is 12.6 Å². The zero-order valence-corrected chi connectivity index (χ0v) is 14.0. The van der Waals surface area contributed by atoms with E-state index in [2.05, 4.69) is 5.32 Å². The van der Waals surface area contributed by atoms with E-state index in [0.29, 0.717) is 25.2 Å². The van der Waals surface area contributed by atoms with Gasteiger partial charge in [0.15, 0.2) is 0 Å². The number of nitrogens with zero attached hydrogens (tertiary/aromatic N) is 1. The number of halogens is 1. The van der Waals surface area contributed by atoms with E-state index in [1.807, 2.05) is 29.6 Å². The Balaban J connectivity index is 0.00000192. The monoisotopic (exact) mass is 351 g/mol. The van der Waals surface area contributed by atoms with E-state index in [-0.39, 0.29) is 24.2 Å². The highest BCUT2D eigenvalue weighted by Gasteiger charge is 2.35. The highest BCUT2D eigenvalue weighted by atomic mass is 35.5. The highest BCUT2D eigenvalue weighted by molar-refractivity contribution is 7.10. The first-order valence-electron chi connectivity index (χ1n) is 7.12. The van der Waals surface area contributed by atoms with Crippen molar-refractivity contribution in [3.05, 3.63) is 57.8 Å². The summed E-state index contributed by atoms with van der Waals surface area (Å²) in [7, 11) is 0. The number of thiophene rings is 1. The standard InChI is InChI=1S/C16H17N3O2S.ClH/c17-10-11-3-5-12(6-4-11)16(21)19-8-7-18-15(20)14(19)13-2-1-9-22-13;/h1-6,9,14H,7-8,10,17H2,(H,18,20);1H. The van der Waals surface area contributed by atoms with Crippen molar-refractivity contribution in [1.29, 1.82) is 0 Å². The molecule has 0 aliphatic carbocycles. The number of benzene rings is 1. The van der Waals surface area contributed by atoms with Gasteiger partial charge in [0.2, 0.25) is 5.91 Å². The molecule has 3 rings (SSSR count). The lowest BCUT2D eigenvalue weighted by atomic mass is 10.1. The van der Waals surface area contributed by atoms with Crippen LogP contribution in [0, 0.1) is 0 Å². The zero-order valence-electron chi connectivity index (χ0n) is 12.4. The number of hydrogen-bond acceptors (Lipinski definition) is 4. The van der Waals surface area contributed by atoms with Crippen LogP contribution in [-0.2, 0) is 11.3 Å². The van der Waals surface area contributed by atoms with Crippen LogP contribution in [0.4, 0.5) is 0 Å². The van der Waals surface area contributed by atoms with Gasteiger partial charge in [-0.15, -0.1) is 23.7 Å². The molecule has 0 saturated carbocycles.